The fraction of sp³-hybridized carbons (Fsp3) is 0.125. The third-order valence-electron chi connectivity index (χ3n) is 3.39. The van der Waals surface area contributed by atoms with E-state index in [-0.39, 0.29) is 0 Å². The number of aromatic nitrogens is 1. The van der Waals surface area contributed by atoms with Crippen LogP contribution >= 0.6 is 0 Å². The molecule has 0 bridgehead atoms. The van der Waals surface area contributed by atoms with Gasteiger partial charge in [-0.1, -0.05) is 43.0 Å². The Morgan fingerprint density at radius 3 is 2.47 bits per heavy atom. The molecule has 2 aromatic carbocycles. The zero-order valence-corrected chi connectivity index (χ0v) is 10.2. The molecule has 0 spiro atoms. The number of rotatable bonds is 1. The van der Waals surface area contributed by atoms with Crippen LogP contribution in [0.25, 0.3) is 27.4 Å². The lowest BCUT2D eigenvalue weighted by Crippen LogP contribution is -1.90. The quantitative estimate of drug-likeness (QED) is 0.575. The Bertz CT molecular complexity index is 732. The largest absolute Gasteiger partial charge is 0.343 e. The monoisotopic (exact) mass is 221 g/mol. The average Bonchev–Trinajstić information content (AvgIpc) is 2.64. The van der Waals surface area contributed by atoms with Gasteiger partial charge in [0.2, 0.25) is 0 Å². The van der Waals surface area contributed by atoms with Gasteiger partial charge in [0.1, 0.15) is 0 Å². The fourth-order valence-corrected chi connectivity index (χ4v) is 2.58. The second-order valence-corrected chi connectivity index (χ2v) is 4.56. The molecule has 0 aliphatic heterocycles. The molecule has 1 heteroatoms. The third kappa shape index (κ3) is 1.32. The van der Waals surface area contributed by atoms with Crippen LogP contribution in [0.4, 0.5) is 0 Å². The summed E-state index contributed by atoms with van der Waals surface area (Å²) in [7, 11) is 2.12. The highest BCUT2D eigenvalue weighted by molar-refractivity contribution is 6.10. The first-order valence-electron chi connectivity index (χ1n) is 5.82. The van der Waals surface area contributed by atoms with E-state index in [1.54, 1.807) is 0 Å². The molecule has 17 heavy (non-hydrogen) atoms. The Morgan fingerprint density at radius 2 is 1.71 bits per heavy atom. The van der Waals surface area contributed by atoms with E-state index < -0.39 is 0 Å². The molecule has 0 atom stereocenters. The summed E-state index contributed by atoms with van der Waals surface area (Å²) in [5, 5.41) is 2.62. The highest BCUT2D eigenvalue weighted by Crippen LogP contribution is 2.32. The molecular weight excluding hydrogens is 206 g/mol. The zero-order valence-electron chi connectivity index (χ0n) is 10.2. The SMILES string of the molecule is C=C(C)c1cccc2c3ccccc3n(C)c12. The molecule has 0 aliphatic carbocycles. The first-order valence-corrected chi connectivity index (χ1v) is 5.82. The standard InChI is InChI=1S/C16H15N/c1-11(2)12-8-6-9-14-13-7-4-5-10-15(13)17(3)16(12)14/h4-10H,1H2,2-3H3. The van der Waals surface area contributed by atoms with Crippen LogP contribution in [-0.2, 0) is 7.05 Å². The van der Waals surface area contributed by atoms with E-state index in [0.717, 1.165) is 5.57 Å². The summed E-state index contributed by atoms with van der Waals surface area (Å²) in [4.78, 5) is 0. The molecule has 0 unspecified atom stereocenters. The summed E-state index contributed by atoms with van der Waals surface area (Å²) in [6.07, 6.45) is 0. The number of nitrogens with zero attached hydrogens (tertiary/aromatic N) is 1. The number of para-hydroxylation sites is 2. The van der Waals surface area contributed by atoms with Crippen molar-refractivity contribution in [3.63, 3.8) is 0 Å². The first-order chi connectivity index (χ1) is 8.20. The molecule has 3 aromatic rings. The molecule has 0 amide bonds. The molecule has 0 fully saturated rings. The van der Waals surface area contributed by atoms with Crippen LogP contribution in [0.15, 0.2) is 49.0 Å². The highest BCUT2D eigenvalue weighted by atomic mass is 14.9. The van der Waals surface area contributed by atoms with Crippen LogP contribution in [0.2, 0.25) is 0 Å². The van der Waals surface area contributed by atoms with Gasteiger partial charge in [-0.05, 0) is 18.6 Å². The molecule has 1 heterocycles. The number of fused-ring (bicyclic) bond motifs is 3. The third-order valence-corrected chi connectivity index (χ3v) is 3.39. The summed E-state index contributed by atoms with van der Waals surface area (Å²) in [6, 6.07) is 15.0. The lowest BCUT2D eigenvalue weighted by Gasteiger charge is -2.05. The Kier molecular flexibility index (Phi) is 2.08. The Morgan fingerprint density at radius 1 is 1.00 bits per heavy atom. The summed E-state index contributed by atoms with van der Waals surface area (Å²) in [5.74, 6) is 0. The molecule has 3 rings (SSSR count). The van der Waals surface area contributed by atoms with E-state index in [9.17, 15) is 0 Å². The van der Waals surface area contributed by atoms with Gasteiger partial charge in [0.15, 0.2) is 0 Å². The van der Waals surface area contributed by atoms with Crippen LogP contribution in [0.1, 0.15) is 12.5 Å². The van der Waals surface area contributed by atoms with Crippen molar-refractivity contribution in [3.8, 4) is 0 Å². The molecular formula is C16H15N. The zero-order chi connectivity index (χ0) is 12.0. The van der Waals surface area contributed by atoms with Gasteiger partial charge >= 0.3 is 0 Å². The van der Waals surface area contributed by atoms with E-state index in [4.69, 9.17) is 0 Å². The molecule has 0 saturated heterocycles. The van der Waals surface area contributed by atoms with Crippen molar-refractivity contribution in [1.82, 2.24) is 4.57 Å². The number of aryl methyl sites for hydroxylation is 1. The van der Waals surface area contributed by atoms with Crippen LogP contribution < -0.4 is 0 Å². The van der Waals surface area contributed by atoms with Crippen LogP contribution in [0.5, 0.6) is 0 Å². The Hall–Kier alpha value is -2.02. The molecule has 0 saturated carbocycles. The minimum Gasteiger partial charge on any atom is -0.343 e. The van der Waals surface area contributed by atoms with E-state index in [2.05, 4.69) is 67.6 Å². The van der Waals surface area contributed by atoms with Crippen molar-refractivity contribution < 1.29 is 0 Å². The van der Waals surface area contributed by atoms with Crippen molar-refractivity contribution in [2.45, 2.75) is 6.92 Å². The average molecular weight is 221 g/mol. The van der Waals surface area contributed by atoms with Gasteiger partial charge in [-0.2, -0.15) is 0 Å². The maximum absolute atomic E-state index is 4.07. The number of hydrogen-bond donors (Lipinski definition) is 0. The van der Waals surface area contributed by atoms with Crippen molar-refractivity contribution in [2.75, 3.05) is 0 Å². The maximum Gasteiger partial charge on any atom is 0.0564 e. The molecule has 1 nitrogen and oxygen atoms in total. The van der Waals surface area contributed by atoms with Gasteiger partial charge in [-0.3, -0.25) is 0 Å². The number of allylic oxidation sites excluding steroid dienone is 1. The Balaban J connectivity index is 2.61. The number of hydrogen-bond acceptors (Lipinski definition) is 0. The smallest absolute Gasteiger partial charge is 0.0564 e. The minimum absolute atomic E-state index is 1.11. The lowest BCUT2D eigenvalue weighted by atomic mass is 10.0. The van der Waals surface area contributed by atoms with E-state index in [0.29, 0.717) is 0 Å². The summed E-state index contributed by atoms with van der Waals surface area (Å²) < 4.78 is 2.26. The van der Waals surface area contributed by atoms with Gasteiger partial charge in [0.25, 0.3) is 0 Å². The molecule has 0 aliphatic rings. The summed E-state index contributed by atoms with van der Waals surface area (Å²) in [5.41, 5.74) is 4.90. The van der Waals surface area contributed by atoms with Crippen molar-refractivity contribution in [2.24, 2.45) is 7.05 Å². The normalized spacial score (nSPS) is 11.2. The second kappa shape index (κ2) is 3.49. The van der Waals surface area contributed by atoms with Crippen molar-refractivity contribution in [1.29, 1.82) is 0 Å². The van der Waals surface area contributed by atoms with E-state index in [1.165, 1.54) is 27.4 Å². The molecule has 1 aromatic heterocycles. The molecule has 84 valence electrons. The number of benzene rings is 2. The second-order valence-electron chi connectivity index (χ2n) is 4.56. The van der Waals surface area contributed by atoms with Gasteiger partial charge < -0.3 is 4.57 Å². The van der Waals surface area contributed by atoms with Crippen LogP contribution in [0.3, 0.4) is 0 Å². The van der Waals surface area contributed by atoms with Crippen LogP contribution in [-0.4, -0.2) is 4.57 Å². The predicted molar refractivity (Wildman–Crippen MR) is 75.1 cm³/mol. The van der Waals surface area contributed by atoms with Crippen molar-refractivity contribution >= 4 is 27.4 Å². The van der Waals surface area contributed by atoms with Gasteiger partial charge in [-0.25, -0.2) is 0 Å². The van der Waals surface area contributed by atoms with E-state index >= 15 is 0 Å². The molecule has 0 N–H and O–H groups in total. The van der Waals surface area contributed by atoms with Gasteiger partial charge in [-0.15, -0.1) is 0 Å². The highest BCUT2D eigenvalue weighted by Gasteiger charge is 2.10. The minimum atomic E-state index is 1.11. The topological polar surface area (TPSA) is 4.93 Å². The Labute approximate surface area is 101 Å². The predicted octanol–water partition coefficient (Wildman–Crippen LogP) is 4.36. The van der Waals surface area contributed by atoms with Crippen molar-refractivity contribution in [3.05, 3.63) is 54.6 Å². The first kappa shape index (κ1) is 10.2. The maximum atomic E-state index is 4.07. The van der Waals surface area contributed by atoms with Gasteiger partial charge in [0, 0.05) is 28.9 Å². The summed E-state index contributed by atoms with van der Waals surface area (Å²) >= 11 is 0. The van der Waals surface area contributed by atoms with Gasteiger partial charge in [0.05, 0.1) is 5.52 Å². The lowest BCUT2D eigenvalue weighted by molar-refractivity contribution is 1.01. The van der Waals surface area contributed by atoms with Crippen LogP contribution in [0, 0.1) is 0 Å². The summed E-state index contributed by atoms with van der Waals surface area (Å²) in [6.45, 7) is 6.14. The van der Waals surface area contributed by atoms with E-state index in [1.807, 2.05) is 0 Å². The molecule has 0 radical (unpaired) electrons. The fourth-order valence-electron chi connectivity index (χ4n) is 2.58.